The third kappa shape index (κ3) is 1.90. The van der Waals surface area contributed by atoms with Gasteiger partial charge in [-0.2, -0.15) is 0 Å². The van der Waals surface area contributed by atoms with Crippen LogP contribution in [0.4, 0.5) is 0 Å². The van der Waals surface area contributed by atoms with Gasteiger partial charge in [0.1, 0.15) is 5.52 Å². The van der Waals surface area contributed by atoms with Crippen molar-refractivity contribution in [2.45, 2.75) is 39.5 Å². The van der Waals surface area contributed by atoms with Gasteiger partial charge in [0.2, 0.25) is 0 Å². The van der Waals surface area contributed by atoms with Crippen molar-refractivity contribution in [1.82, 2.24) is 15.0 Å². The maximum Gasteiger partial charge on any atom is 0.178 e. The molecular weight excluding hydrogens is 198 g/mol. The van der Waals surface area contributed by atoms with Crippen LogP contribution >= 0.6 is 0 Å². The fourth-order valence-electron chi connectivity index (χ4n) is 1.85. The first-order valence-corrected chi connectivity index (χ1v) is 5.71. The van der Waals surface area contributed by atoms with E-state index in [2.05, 4.69) is 48.7 Å². The SMILES string of the molecule is CC(C)c1cc2nccnc2nc1C(C)C. The summed E-state index contributed by atoms with van der Waals surface area (Å²) < 4.78 is 0. The molecule has 3 heteroatoms. The van der Waals surface area contributed by atoms with Crippen molar-refractivity contribution < 1.29 is 0 Å². The van der Waals surface area contributed by atoms with Crippen LogP contribution in [0.1, 0.15) is 50.8 Å². The van der Waals surface area contributed by atoms with Gasteiger partial charge in [-0.3, -0.25) is 4.98 Å². The minimum Gasteiger partial charge on any atom is -0.251 e. The Bertz CT molecular complexity index is 457. The third-order valence-electron chi connectivity index (χ3n) is 2.69. The number of nitrogens with zero attached hydrogens (tertiary/aromatic N) is 3. The molecule has 0 atom stereocenters. The summed E-state index contributed by atoms with van der Waals surface area (Å²) in [5, 5.41) is 0. The zero-order valence-electron chi connectivity index (χ0n) is 10.2. The second-order valence-corrected chi connectivity index (χ2v) is 4.67. The number of rotatable bonds is 2. The molecule has 2 heterocycles. The average Bonchev–Trinajstić information content (AvgIpc) is 2.27. The van der Waals surface area contributed by atoms with Gasteiger partial charge in [0.15, 0.2) is 5.65 Å². The molecule has 0 fully saturated rings. The molecule has 0 saturated heterocycles. The third-order valence-corrected chi connectivity index (χ3v) is 2.69. The highest BCUT2D eigenvalue weighted by Crippen LogP contribution is 2.26. The Balaban J connectivity index is 2.71. The van der Waals surface area contributed by atoms with Crippen molar-refractivity contribution in [2.24, 2.45) is 0 Å². The minimum atomic E-state index is 0.420. The van der Waals surface area contributed by atoms with Crippen LogP contribution < -0.4 is 0 Å². The predicted molar refractivity (Wildman–Crippen MR) is 65.5 cm³/mol. The van der Waals surface area contributed by atoms with E-state index in [4.69, 9.17) is 0 Å². The maximum atomic E-state index is 4.62. The van der Waals surface area contributed by atoms with Gasteiger partial charge in [0.05, 0.1) is 0 Å². The Kier molecular flexibility index (Phi) is 2.86. The fraction of sp³-hybridized carbons (Fsp3) is 0.462. The summed E-state index contributed by atoms with van der Waals surface area (Å²) in [7, 11) is 0. The molecule has 16 heavy (non-hydrogen) atoms. The first-order chi connectivity index (χ1) is 7.59. The van der Waals surface area contributed by atoms with E-state index in [1.807, 2.05) is 0 Å². The van der Waals surface area contributed by atoms with Crippen LogP contribution in [0.3, 0.4) is 0 Å². The van der Waals surface area contributed by atoms with E-state index < -0.39 is 0 Å². The molecular formula is C13H17N3. The molecule has 0 N–H and O–H groups in total. The van der Waals surface area contributed by atoms with Crippen molar-refractivity contribution in [3.05, 3.63) is 29.7 Å². The largest absolute Gasteiger partial charge is 0.251 e. The molecule has 0 aromatic carbocycles. The van der Waals surface area contributed by atoms with Crippen molar-refractivity contribution in [2.75, 3.05) is 0 Å². The van der Waals surface area contributed by atoms with Crippen LogP contribution in [0.15, 0.2) is 18.5 Å². The van der Waals surface area contributed by atoms with Crippen LogP contribution in [-0.2, 0) is 0 Å². The van der Waals surface area contributed by atoms with E-state index >= 15 is 0 Å². The summed E-state index contributed by atoms with van der Waals surface area (Å²) in [5.41, 5.74) is 4.05. The molecule has 0 aliphatic heterocycles. The molecule has 3 nitrogen and oxygen atoms in total. The lowest BCUT2D eigenvalue weighted by Crippen LogP contribution is -2.03. The van der Waals surface area contributed by atoms with E-state index in [-0.39, 0.29) is 0 Å². The predicted octanol–water partition coefficient (Wildman–Crippen LogP) is 3.27. The Morgan fingerprint density at radius 3 is 2.25 bits per heavy atom. The summed E-state index contributed by atoms with van der Waals surface area (Å²) in [4.78, 5) is 13.2. The summed E-state index contributed by atoms with van der Waals surface area (Å²) in [6, 6.07) is 2.12. The zero-order valence-corrected chi connectivity index (χ0v) is 10.2. The number of aromatic nitrogens is 3. The molecule has 0 amide bonds. The van der Waals surface area contributed by atoms with Crippen LogP contribution in [0.5, 0.6) is 0 Å². The lowest BCUT2D eigenvalue weighted by atomic mass is 9.95. The zero-order chi connectivity index (χ0) is 11.7. The smallest absolute Gasteiger partial charge is 0.178 e. The highest BCUT2D eigenvalue weighted by atomic mass is 14.9. The molecule has 2 aromatic heterocycles. The first-order valence-electron chi connectivity index (χ1n) is 5.71. The molecule has 0 aliphatic rings. The van der Waals surface area contributed by atoms with E-state index in [1.165, 1.54) is 5.56 Å². The molecule has 2 rings (SSSR count). The molecule has 84 valence electrons. The van der Waals surface area contributed by atoms with Gasteiger partial charge >= 0.3 is 0 Å². The van der Waals surface area contributed by atoms with Crippen LogP contribution in [0.2, 0.25) is 0 Å². The normalized spacial score (nSPS) is 11.6. The fourth-order valence-corrected chi connectivity index (χ4v) is 1.85. The average molecular weight is 215 g/mol. The van der Waals surface area contributed by atoms with Crippen molar-refractivity contribution in [3.63, 3.8) is 0 Å². The number of hydrogen-bond donors (Lipinski definition) is 0. The first kappa shape index (κ1) is 11.0. The standard InChI is InChI=1S/C13H17N3/c1-8(2)10-7-11-13(15-6-5-14-11)16-12(10)9(3)4/h5-9H,1-4H3. The highest BCUT2D eigenvalue weighted by molar-refractivity contribution is 5.70. The molecule has 0 aliphatic carbocycles. The monoisotopic (exact) mass is 215 g/mol. The van der Waals surface area contributed by atoms with E-state index in [1.54, 1.807) is 12.4 Å². The summed E-state index contributed by atoms with van der Waals surface area (Å²) in [6.45, 7) is 8.70. The van der Waals surface area contributed by atoms with Crippen LogP contribution in [0, 0.1) is 0 Å². The molecule has 0 bridgehead atoms. The quantitative estimate of drug-likeness (QED) is 0.771. The second-order valence-electron chi connectivity index (χ2n) is 4.67. The topological polar surface area (TPSA) is 38.7 Å². The Morgan fingerprint density at radius 1 is 0.938 bits per heavy atom. The number of hydrogen-bond acceptors (Lipinski definition) is 3. The van der Waals surface area contributed by atoms with Gasteiger partial charge in [-0.05, 0) is 23.5 Å². The van der Waals surface area contributed by atoms with Crippen molar-refractivity contribution in [1.29, 1.82) is 0 Å². The van der Waals surface area contributed by atoms with Gasteiger partial charge in [0, 0.05) is 18.1 Å². The van der Waals surface area contributed by atoms with E-state index in [0.717, 1.165) is 16.9 Å². The second kappa shape index (κ2) is 4.16. The molecule has 0 radical (unpaired) electrons. The molecule has 0 spiro atoms. The Labute approximate surface area is 96.0 Å². The maximum absolute atomic E-state index is 4.62. The highest BCUT2D eigenvalue weighted by Gasteiger charge is 2.13. The summed E-state index contributed by atoms with van der Waals surface area (Å²) in [6.07, 6.45) is 3.40. The minimum absolute atomic E-state index is 0.420. The van der Waals surface area contributed by atoms with Gasteiger partial charge < -0.3 is 0 Å². The van der Waals surface area contributed by atoms with Crippen LogP contribution in [0.25, 0.3) is 11.2 Å². The summed E-state index contributed by atoms with van der Waals surface area (Å²) >= 11 is 0. The molecule has 0 unspecified atom stereocenters. The van der Waals surface area contributed by atoms with Crippen molar-refractivity contribution in [3.8, 4) is 0 Å². The molecule has 2 aromatic rings. The Hall–Kier alpha value is -1.51. The van der Waals surface area contributed by atoms with Gasteiger partial charge in [-0.1, -0.05) is 27.7 Å². The molecule has 0 saturated carbocycles. The number of fused-ring (bicyclic) bond motifs is 1. The van der Waals surface area contributed by atoms with E-state index in [0.29, 0.717) is 11.8 Å². The van der Waals surface area contributed by atoms with Gasteiger partial charge in [-0.15, -0.1) is 0 Å². The van der Waals surface area contributed by atoms with Crippen molar-refractivity contribution >= 4 is 11.2 Å². The lowest BCUT2D eigenvalue weighted by Gasteiger charge is -2.15. The van der Waals surface area contributed by atoms with Gasteiger partial charge in [-0.25, -0.2) is 9.97 Å². The lowest BCUT2D eigenvalue weighted by molar-refractivity contribution is 0.762. The number of pyridine rings is 1. The van der Waals surface area contributed by atoms with Gasteiger partial charge in [0.25, 0.3) is 0 Å². The van der Waals surface area contributed by atoms with E-state index in [9.17, 15) is 0 Å². The Morgan fingerprint density at radius 2 is 1.62 bits per heavy atom. The van der Waals surface area contributed by atoms with Crippen LogP contribution in [-0.4, -0.2) is 15.0 Å². The summed E-state index contributed by atoms with van der Waals surface area (Å²) in [5.74, 6) is 0.889.